The van der Waals surface area contributed by atoms with Gasteiger partial charge in [0.15, 0.2) is 5.96 Å². The molecule has 1 saturated carbocycles. The van der Waals surface area contributed by atoms with E-state index >= 15 is 0 Å². The minimum Gasteiger partial charge on any atom is -0.378 e. The van der Waals surface area contributed by atoms with Gasteiger partial charge in [0.05, 0.1) is 18.1 Å². The molecule has 0 aromatic heterocycles. The summed E-state index contributed by atoms with van der Waals surface area (Å²) >= 11 is 0. The van der Waals surface area contributed by atoms with Gasteiger partial charge in [0.25, 0.3) is 0 Å². The Balaban J connectivity index is 0.00000625. The first-order valence-electron chi connectivity index (χ1n) is 9.69. The van der Waals surface area contributed by atoms with Gasteiger partial charge >= 0.3 is 0 Å². The Morgan fingerprint density at radius 1 is 1.23 bits per heavy atom. The van der Waals surface area contributed by atoms with Crippen LogP contribution in [0.3, 0.4) is 0 Å². The number of nitrogens with zero attached hydrogens (tertiary/aromatic N) is 1. The predicted molar refractivity (Wildman–Crippen MR) is 119 cm³/mol. The highest BCUT2D eigenvalue weighted by Gasteiger charge is 2.53. The van der Waals surface area contributed by atoms with E-state index < -0.39 is 5.41 Å². The molecule has 26 heavy (non-hydrogen) atoms. The Morgan fingerprint density at radius 3 is 2.31 bits per heavy atom. The summed E-state index contributed by atoms with van der Waals surface area (Å²) in [5, 5.41) is 9.61. The molecule has 0 bridgehead atoms. The molecule has 154 valence electrons. The fourth-order valence-corrected chi connectivity index (χ4v) is 3.76. The molecule has 0 saturated heterocycles. The van der Waals surface area contributed by atoms with E-state index in [1.807, 2.05) is 13.8 Å². The number of ether oxygens (including phenoxy) is 1. The lowest BCUT2D eigenvalue weighted by Crippen LogP contribution is -2.65. The number of guanidine groups is 1. The lowest BCUT2D eigenvalue weighted by molar-refractivity contribution is -0.133. The molecule has 0 spiro atoms. The maximum atomic E-state index is 12.0. The summed E-state index contributed by atoms with van der Waals surface area (Å²) in [7, 11) is 1.66. The number of hydrogen-bond acceptors (Lipinski definition) is 3. The summed E-state index contributed by atoms with van der Waals surface area (Å²) < 4.78 is 5.95. The molecular formula is C19H39IN4O2. The molecule has 0 aromatic rings. The number of carbonyl (C=O) groups excluding carboxylic acids is 1. The van der Waals surface area contributed by atoms with Crippen molar-refractivity contribution in [2.45, 2.75) is 73.0 Å². The Bertz CT molecular complexity index is 464. The van der Waals surface area contributed by atoms with Gasteiger partial charge in [-0.2, -0.15) is 0 Å². The van der Waals surface area contributed by atoms with Crippen molar-refractivity contribution in [3.05, 3.63) is 0 Å². The van der Waals surface area contributed by atoms with Crippen LogP contribution in [-0.2, 0) is 9.53 Å². The monoisotopic (exact) mass is 482 g/mol. The number of halogens is 1. The van der Waals surface area contributed by atoms with E-state index in [9.17, 15) is 4.79 Å². The minimum atomic E-state index is -0.531. The van der Waals surface area contributed by atoms with Crippen LogP contribution in [0.4, 0.5) is 0 Å². The van der Waals surface area contributed by atoms with Gasteiger partial charge in [-0.25, -0.2) is 0 Å². The van der Waals surface area contributed by atoms with E-state index in [1.54, 1.807) is 7.05 Å². The van der Waals surface area contributed by atoms with Crippen molar-refractivity contribution in [1.82, 2.24) is 16.0 Å². The van der Waals surface area contributed by atoms with Gasteiger partial charge in [-0.15, -0.1) is 24.0 Å². The first-order chi connectivity index (χ1) is 11.8. The largest absolute Gasteiger partial charge is 0.378 e. The van der Waals surface area contributed by atoms with Crippen LogP contribution in [0, 0.1) is 10.8 Å². The number of amides is 1. The number of nitrogens with one attached hydrogen (secondary N) is 3. The minimum absolute atomic E-state index is 0. The Hall–Kier alpha value is -0.570. The maximum absolute atomic E-state index is 12.0. The molecule has 0 aliphatic heterocycles. The Morgan fingerprint density at radius 2 is 1.85 bits per heavy atom. The van der Waals surface area contributed by atoms with Gasteiger partial charge in [-0.1, -0.05) is 13.8 Å². The predicted octanol–water partition coefficient (Wildman–Crippen LogP) is 2.92. The average molecular weight is 482 g/mol. The Labute approximate surface area is 176 Å². The fraction of sp³-hybridized carbons (Fsp3) is 0.895. The Kier molecular flexibility index (Phi) is 11.1. The van der Waals surface area contributed by atoms with Gasteiger partial charge in [0, 0.05) is 31.7 Å². The topological polar surface area (TPSA) is 74.8 Å². The molecule has 1 aliphatic carbocycles. The summed E-state index contributed by atoms with van der Waals surface area (Å²) in [6.07, 6.45) is 3.47. The third-order valence-electron chi connectivity index (χ3n) is 5.60. The van der Waals surface area contributed by atoms with Crippen LogP contribution in [-0.4, -0.2) is 50.8 Å². The lowest BCUT2D eigenvalue weighted by Gasteiger charge is -2.55. The molecule has 0 heterocycles. The van der Waals surface area contributed by atoms with E-state index in [0.29, 0.717) is 18.7 Å². The molecule has 7 heteroatoms. The maximum Gasteiger partial charge on any atom is 0.227 e. The highest BCUT2D eigenvalue weighted by atomic mass is 127. The van der Waals surface area contributed by atoms with Crippen molar-refractivity contribution in [2.24, 2.45) is 15.8 Å². The van der Waals surface area contributed by atoms with E-state index in [1.165, 1.54) is 0 Å². The molecule has 1 rings (SSSR count). The van der Waals surface area contributed by atoms with E-state index in [4.69, 9.17) is 4.74 Å². The fourth-order valence-electron chi connectivity index (χ4n) is 3.76. The van der Waals surface area contributed by atoms with Crippen LogP contribution in [0.2, 0.25) is 0 Å². The summed E-state index contributed by atoms with van der Waals surface area (Å²) in [6.45, 7) is 14.4. The van der Waals surface area contributed by atoms with Crippen molar-refractivity contribution in [3.8, 4) is 0 Å². The quantitative estimate of drug-likeness (QED) is 0.269. The molecule has 3 N–H and O–H groups in total. The third kappa shape index (κ3) is 5.71. The summed E-state index contributed by atoms with van der Waals surface area (Å²) in [4.78, 5) is 16.6. The van der Waals surface area contributed by atoms with Gasteiger partial charge in [0.2, 0.25) is 5.91 Å². The second-order valence-corrected chi connectivity index (χ2v) is 7.48. The second-order valence-electron chi connectivity index (χ2n) is 7.48. The first-order valence-corrected chi connectivity index (χ1v) is 9.69. The summed E-state index contributed by atoms with van der Waals surface area (Å²) in [5.74, 6) is 0.786. The van der Waals surface area contributed by atoms with Crippen molar-refractivity contribution in [1.29, 1.82) is 0 Å². The van der Waals surface area contributed by atoms with Crippen molar-refractivity contribution < 1.29 is 9.53 Å². The average Bonchev–Trinajstić information content (AvgIpc) is 2.59. The zero-order valence-electron chi connectivity index (χ0n) is 17.6. The van der Waals surface area contributed by atoms with Crippen molar-refractivity contribution >= 4 is 35.8 Å². The van der Waals surface area contributed by atoms with E-state index in [-0.39, 0.29) is 35.3 Å². The molecule has 6 nitrogen and oxygen atoms in total. The third-order valence-corrected chi connectivity index (χ3v) is 5.60. The molecule has 2 unspecified atom stereocenters. The lowest BCUT2D eigenvalue weighted by atomic mass is 9.58. The number of aliphatic imine (C=N–C) groups is 1. The zero-order valence-corrected chi connectivity index (χ0v) is 19.9. The molecular weight excluding hydrogens is 443 g/mol. The van der Waals surface area contributed by atoms with Crippen molar-refractivity contribution in [2.75, 3.05) is 26.7 Å². The van der Waals surface area contributed by atoms with E-state index in [0.717, 1.165) is 38.4 Å². The van der Waals surface area contributed by atoms with Gasteiger partial charge in [-0.05, 0) is 47.0 Å². The normalized spacial score (nSPS) is 22.0. The molecule has 0 radical (unpaired) electrons. The molecule has 1 amide bonds. The smallest absolute Gasteiger partial charge is 0.227 e. The summed E-state index contributed by atoms with van der Waals surface area (Å²) in [6, 6.07) is 0.347. The molecule has 0 aromatic carbocycles. The molecule has 2 atom stereocenters. The standard InChI is InChI=1S/C19H38N4O2.HI/c1-8-19(9-2)14(12-15(19)25-11-4)23-17(21-10-3)22-13-18(5,6)16(24)20-7;/h14-15H,8-13H2,1-7H3,(H,20,24)(H2,21,22,23);1H. The van der Waals surface area contributed by atoms with Crippen LogP contribution in [0.1, 0.15) is 60.8 Å². The first kappa shape index (κ1) is 25.4. The van der Waals surface area contributed by atoms with Crippen LogP contribution in [0.25, 0.3) is 0 Å². The van der Waals surface area contributed by atoms with Gasteiger partial charge in [-0.3, -0.25) is 9.79 Å². The van der Waals surface area contributed by atoms with Crippen LogP contribution >= 0.6 is 24.0 Å². The number of hydrogen-bond donors (Lipinski definition) is 3. The van der Waals surface area contributed by atoms with Crippen LogP contribution < -0.4 is 16.0 Å². The second kappa shape index (κ2) is 11.3. The SMILES string of the molecule is CCNC(=NCC(C)(C)C(=O)NC)NC1CC(OCC)C1(CC)CC.I. The molecule has 1 fully saturated rings. The molecule has 1 aliphatic rings. The highest BCUT2D eigenvalue weighted by molar-refractivity contribution is 14.0. The van der Waals surface area contributed by atoms with Crippen molar-refractivity contribution in [3.63, 3.8) is 0 Å². The zero-order chi connectivity index (χ0) is 19.1. The van der Waals surface area contributed by atoms with Crippen LogP contribution in [0.5, 0.6) is 0 Å². The highest BCUT2D eigenvalue weighted by Crippen LogP contribution is 2.48. The number of carbonyl (C=O) groups is 1. The van der Waals surface area contributed by atoms with Gasteiger partial charge in [0.1, 0.15) is 0 Å². The van der Waals surface area contributed by atoms with Gasteiger partial charge < -0.3 is 20.7 Å². The summed E-state index contributed by atoms with van der Waals surface area (Å²) in [5.41, 5.74) is -0.375. The van der Waals surface area contributed by atoms with E-state index in [2.05, 4.69) is 48.6 Å². The van der Waals surface area contributed by atoms with Crippen LogP contribution in [0.15, 0.2) is 4.99 Å². The number of rotatable bonds is 9.